The van der Waals surface area contributed by atoms with Gasteiger partial charge in [0.25, 0.3) is 0 Å². The number of halogens is 20. The van der Waals surface area contributed by atoms with Gasteiger partial charge >= 0.3 is 7.32 Å². The normalized spacial score (nSPS) is 10.7. The number of aryl methyl sites for hydroxylation is 9. The van der Waals surface area contributed by atoms with Crippen LogP contribution in [0.15, 0.2) is 340 Å². The molecule has 0 aromatic heterocycles. The second kappa shape index (κ2) is 50.1. The Morgan fingerprint density at radius 1 is 0.138 bits per heavy atom. The van der Waals surface area contributed by atoms with E-state index in [-0.39, 0.29) is 22.3 Å². The first-order chi connectivity index (χ1) is 65.9. The molecule has 0 radical (unpaired) electrons. The van der Waals surface area contributed by atoms with Gasteiger partial charge in [0, 0.05) is 0 Å². The highest BCUT2D eigenvalue weighted by Crippen LogP contribution is 2.42. The number of benzene rings is 17. The Kier molecular flexibility index (Phi) is 38.7. The van der Waals surface area contributed by atoms with E-state index in [4.69, 9.17) is 15.1 Å². The van der Waals surface area contributed by atoms with Crippen molar-refractivity contribution in [2.24, 2.45) is 0 Å². The zero-order valence-electron chi connectivity index (χ0n) is 75.2. The Bertz CT molecular complexity index is 5860. The summed E-state index contributed by atoms with van der Waals surface area (Å²) in [5, 5.41) is 34.6. The number of hydrogen-bond donors (Lipinski definition) is 3. The summed E-state index contributed by atoms with van der Waals surface area (Å²) in [7, 11) is -3.69. The molecule has 0 saturated carbocycles. The molecule has 706 valence electrons. The van der Waals surface area contributed by atoms with E-state index >= 15 is 0 Å². The summed E-state index contributed by atoms with van der Waals surface area (Å²) < 4.78 is 261. The van der Waals surface area contributed by atoms with Crippen molar-refractivity contribution in [3.63, 3.8) is 0 Å². The first kappa shape index (κ1) is 107. The Labute approximate surface area is 790 Å². The maximum Gasteiger partial charge on any atom is 0.631 e. The van der Waals surface area contributed by atoms with Gasteiger partial charge in [-0.25, -0.2) is 87.8 Å². The molecule has 0 aliphatic carbocycles. The molecule has 0 fully saturated rings. The minimum absolute atomic E-state index is 0.0692. The average molecular weight is 1950 g/mol. The smallest absolute Gasteiger partial charge is 0.402 e. The van der Waals surface area contributed by atoms with Crippen molar-refractivity contribution in [2.75, 3.05) is 0 Å². The van der Waals surface area contributed by atoms with Crippen LogP contribution >= 0.6 is 23.8 Å². The van der Waals surface area contributed by atoms with E-state index < -0.39 is 170 Å². The predicted molar refractivity (Wildman–Crippen MR) is 517 cm³/mol. The molecule has 0 unspecified atom stereocenters. The molecule has 138 heavy (non-hydrogen) atoms. The Hall–Kier alpha value is -13.4. The van der Waals surface area contributed by atoms with Crippen LogP contribution in [0.4, 0.5) is 87.8 Å². The molecule has 0 heterocycles. The van der Waals surface area contributed by atoms with Crippen LogP contribution in [-0.4, -0.2) is 22.4 Å². The molecule has 0 aliphatic rings. The highest BCUT2D eigenvalue weighted by atomic mass is 31.1. The second-order valence-corrected chi connectivity index (χ2v) is 37.0. The van der Waals surface area contributed by atoms with E-state index in [1.807, 2.05) is 0 Å². The van der Waals surface area contributed by atoms with Crippen LogP contribution in [0.2, 0.25) is 0 Å². The Morgan fingerprint density at radius 2 is 0.225 bits per heavy atom. The largest absolute Gasteiger partial charge is 0.631 e. The van der Waals surface area contributed by atoms with E-state index in [1.54, 1.807) is 24.3 Å². The molecule has 0 spiro atoms. The van der Waals surface area contributed by atoms with E-state index in [0.29, 0.717) is 0 Å². The van der Waals surface area contributed by atoms with E-state index in [9.17, 15) is 87.8 Å². The third kappa shape index (κ3) is 25.7. The third-order valence-electron chi connectivity index (χ3n) is 21.3. The first-order valence-electron chi connectivity index (χ1n) is 42.2. The van der Waals surface area contributed by atoms with E-state index in [1.165, 1.54) is 195 Å². The fraction of sp³-hybridized carbons (Fsp3) is 0.0811. The Morgan fingerprint density at radius 3 is 0.326 bits per heavy atom. The quantitative estimate of drug-likeness (QED) is 0.0354. The topological polar surface area (TPSA) is 60.7 Å². The fourth-order valence-electron chi connectivity index (χ4n) is 14.3. The minimum atomic E-state index is -2.17. The summed E-state index contributed by atoms with van der Waals surface area (Å²) in [6, 6.07) is 107. The lowest BCUT2D eigenvalue weighted by molar-refractivity contribution is 0.278. The highest BCUT2D eigenvalue weighted by Gasteiger charge is 2.32. The van der Waals surface area contributed by atoms with Crippen LogP contribution in [0.1, 0.15) is 50.1 Å². The van der Waals surface area contributed by atoms with Crippen LogP contribution in [-0.2, 0) is 0 Å². The van der Waals surface area contributed by atoms with E-state index in [0.717, 1.165) is 0 Å². The van der Waals surface area contributed by atoms with Crippen LogP contribution in [0.5, 0.6) is 0 Å². The lowest BCUT2D eigenvalue weighted by Gasteiger charge is -2.24. The lowest BCUT2D eigenvalue weighted by Crippen LogP contribution is -2.25. The zero-order chi connectivity index (χ0) is 100. The predicted octanol–water partition coefficient (Wildman–Crippen LogP) is 27.3. The summed E-state index contributed by atoms with van der Waals surface area (Å²) in [5.74, 6) is -38.8. The molecular weight excluding hydrogens is 1860 g/mol. The van der Waals surface area contributed by atoms with Gasteiger partial charge in [-0.05, 0) is 206 Å². The van der Waals surface area contributed by atoms with Gasteiger partial charge in [-0.3, -0.25) is 0 Å². The van der Waals surface area contributed by atoms with Gasteiger partial charge in [-0.15, -0.1) is 0 Å². The SMILES string of the molecule is Cc1ccccc1P(c1ccccc1C)c1ccccc1C.Cc1ccccc1P(c1ccccc1C)c1ccccc1C.Cc1ccccc1P(c1ccccc1C)c1ccccc1C.Fc1c(F)c(F)c(-c2ccccc2)c(F)c1F.Fc1c(F)c(F)c(-c2ccccc2)c(F)c1F.Fc1c(F)c(F)c(-c2ccccc2)c(F)c1F.Fc1c(F)c(F)c(-c2ccccc2)c(F)c1F.OB(O)O. The maximum absolute atomic E-state index is 13.4. The van der Waals surface area contributed by atoms with Gasteiger partial charge in [0.05, 0.1) is 22.3 Å². The molecule has 0 atom stereocenters. The van der Waals surface area contributed by atoms with Crippen molar-refractivity contribution in [1.29, 1.82) is 0 Å². The fourth-order valence-corrected chi connectivity index (χ4v) is 22.6. The molecule has 0 aliphatic heterocycles. The minimum Gasteiger partial charge on any atom is -0.402 e. The molecule has 3 nitrogen and oxygen atoms in total. The molecular formula is C111H86BF20O3P3. The van der Waals surface area contributed by atoms with Gasteiger partial charge in [0.1, 0.15) is 0 Å². The second-order valence-electron chi connectivity index (χ2n) is 30.7. The van der Waals surface area contributed by atoms with Crippen LogP contribution < -0.4 is 47.7 Å². The molecule has 17 aromatic rings. The van der Waals surface area contributed by atoms with Crippen molar-refractivity contribution < 1.29 is 103 Å². The van der Waals surface area contributed by atoms with Crippen molar-refractivity contribution in [1.82, 2.24) is 0 Å². The molecule has 0 saturated heterocycles. The first-order valence-corrected chi connectivity index (χ1v) is 46.2. The summed E-state index contributed by atoms with van der Waals surface area (Å²) in [6.45, 7) is 20.0. The summed E-state index contributed by atoms with van der Waals surface area (Å²) in [5.41, 5.74) is 8.44. The standard InChI is InChI=1S/3C21H21P.4C12H5F5.BH3O3/c3*1-16-10-4-7-13-19(16)22(20-14-8-5-11-17(20)2)21-15-9-6-12-18(21)3;4*13-8-7(6-4-2-1-3-5-6)9(14)11(16)12(17)10(8)15;2-1(3)4/h3*4-15H,1-3H3;4*1-5H;2-4H. The molecule has 3 N–H and O–H groups in total. The van der Waals surface area contributed by atoms with Crippen LogP contribution in [0.3, 0.4) is 0 Å². The van der Waals surface area contributed by atoms with Gasteiger partial charge in [0.2, 0.25) is 23.3 Å². The van der Waals surface area contributed by atoms with Crippen molar-refractivity contribution in [3.8, 4) is 44.5 Å². The van der Waals surface area contributed by atoms with Gasteiger partial charge in [-0.2, -0.15) is 0 Å². The van der Waals surface area contributed by atoms with Gasteiger partial charge < -0.3 is 15.1 Å². The van der Waals surface area contributed by atoms with Crippen molar-refractivity contribution >= 4 is 78.8 Å². The Balaban J connectivity index is 0.000000165. The number of rotatable bonds is 13. The summed E-state index contributed by atoms with van der Waals surface area (Å²) in [4.78, 5) is 0. The van der Waals surface area contributed by atoms with Gasteiger partial charge in [-0.1, -0.05) is 340 Å². The summed E-state index contributed by atoms with van der Waals surface area (Å²) in [6.07, 6.45) is 0. The zero-order valence-corrected chi connectivity index (χ0v) is 77.8. The average Bonchev–Trinajstić information content (AvgIpc) is 0.766. The maximum atomic E-state index is 13.4. The molecule has 0 bridgehead atoms. The van der Waals surface area contributed by atoms with Crippen LogP contribution in [0, 0.1) is 179 Å². The molecule has 27 heteroatoms. The third-order valence-corrected chi connectivity index (χ3v) is 30.1. The monoisotopic (exact) mass is 1950 g/mol. The molecule has 0 amide bonds. The van der Waals surface area contributed by atoms with Gasteiger partial charge in [0.15, 0.2) is 93.1 Å². The van der Waals surface area contributed by atoms with E-state index in [2.05, 4.69) is 281 Å². The van der Waals surface area contributed by atoms with Crippen LogP contribution in [0.25, 0.3) is 44.5 Å². The lowest BCUT2D eigenvalue weighted by atomic mass is 10.0. The highest BCUT2D eigenvalue weighted by molar-refractivity contribution is 7.81. The number of hydrogen-bond acceptors (Lipinski definition) is 3. The molecule has 17 rings (SSSR count). The van der Waals surface area contributed by atoms with Crippen molar-refractivity contribution in [3.05, 3.63) is 506 Å². The molecule has 17 aromatic carbocycles. The van der Waals surface area contributed by atoms with Crippen molar-refractivity contribution in [2.45, 2.75) is 62.3 Å². The summed E-state index contributed by atoms with van der Waals surface area (Å²) >= 11 is 0.